The molecule has 0 saturated carbocycles. The number of anilines is 1. The Bertz CT molecular complexity index is 812. The highest BCUT2D eigenvalue weighted by Crippen LogP contribution is 2.26. The van der Waals surface area contributed by atoms with E-state index < -0.39 is 0 Å². The fraction of sp³-hybridized carbons (Fsp3) is 0.294. The summed E-state index contributed by atoms with van der Waals surface area (Å²) >= 11 is 3.53. The second kappa shape index (κ2) is 6.68. The van der Waals surface area contributed by atoms with Crippen LogP contribution in [0.4, 0.5) is 5.69 Å². The summed E-state index contributed by atoms with van der Waals surface area (Å²) in [5.74, 6) is 0. The van der Waals surface area contributed by atoms with Crippen molar-refractivity contribution in [3.05, 3.63) is 52.9 Å². The minimum atomic E-state index is 0.249. The zero-order valence-corrected chi connectivity index (χ0v) is 15.1. The van der Waals surface area contributed by atoms with Crippen LogP contribution >= 0.6 is 15.9 Å². The third kappa shape index (κ3) is 3.54. The Labute approximate surface area is 144 Å². The van der Waals surface area contributed by atoms with Crippen molar-refractivity contribution in [2.45, 2.75) is 6.04 Å². The summed E-state index contributed by atoms with van der Waals surface area (Å²) in [6.07, 6.45) is 5.83. The molecule has 6 heteroatoms. The van der Waals surface area contributed by atoms with Gasteiger partial charge in [-0.2, -0.15) is 5.10 Å². The predicted molar refractivity (Wildman–Crippen MR) is 97.6 cm³/mol. The summed E-state index contributed by atoms with van der Waals surface area (Å²) in [6.45, 7) is 0.796. The summed E-state index contributed by atoms with van der Waals surface area (Å²) in [4.78, 5) is 6.62. The molecule has 3 rings (SSSR count). The lowest BCUT2D eigenvalue weighted by Crippen LogP contribution is -2.26. The average molecular weight is 374 g/mol. The molecule has 23 heavy (non-hydrogen) atoms. The van der Waals surface area contributed by atoms with Crippen LogP contribution in [-0.4, -0.2) is 40.3 Å². The van der Waals surface area contributed by atoms with Gasteiger partial charge in [0.05, 0.1) is 17.8 Å². The van der Waals surface area contributed by atoms with Gasteiger partial charge in [0.15, 0.2) is 0 Å². The topological polar surface area (TPSA) is 46.0 Å². The van der Waals surface area contributed by atoms with Crippen LogP contribution in [0.1, 0.15) is 11.6 Å². The first-order chi connectivity index (χ1) is 11.0. The smallest absolute Gasteiger partial charge is 0.0723 e. The molecule has 1 N–H and O–H groups in total. The van der Waals surface area contributed by atoms with E-state index in [2.05, 4.69) is 62.6 Å². The largest absolute Gasteiger partial charge is 0.383 e. The van der Waals surface area contributed by atoms with E-state index in [1.54, 1.807) is 0 Å². The Balaban J connectivity index is 1.85. The predicted octanol–water partition coefficient (Wildman–Crippen LogP) is 3.45. The monoisotopic (exact) mass is 373 g/mol. The molecule has 0 bridgehead atoms. The number of rotatable bonds is 5. The van der Waals surface area contributed by atoms with Gasteiger partial charge in [-0.3, -0.25) is 9.67 Å². The number of benzene rings is 1. The van der Waals surface area contributed by atoms with Crippen LogP contribution < -0.4 is 5.32 Å². The standard InChI is InChI=1S/C17H20BrN5/c1-22(2)17(12-9-21-23(3)11-12)10-20-16-6-7-19-15-5-4-13(18)8-14(15)16/h4-9,11,17H,10H2,1-3H3,(H,19,20). The van der Waals surface area contributed by atoms with Crippen molar-refractivity contribution in [3.63, 3.8) is 0 Å². The number of hydrogen-bond donors (Lipinski definition) is 1. The van der Waals surface area contributed by atoms with Gasteiger partial charge >= 0.3 is 0 Å². The van der Waals surface area contributed by atoms with Crippen molar-refractivity contribution >= 4 is 32.5 Å². The third-order valence-electron chi connectivity index (χ3n) is 3.92. The maximum atomic E-state index is 4.42. The molecule has 0 aliphatic carbocycles. The Morgan fingerprint density at radius 2 is 2.13 bits per heavy atom. The van der Waals surface area contributed by atoms with Crippen molar-refractivity contribution < 1.29 is 0 Å². The summed E-state index contributed by atoms with van der Waals surface area (Å²) in [7, 11) is 6.11. The van der Waals surface area contributed by atoms with E-state index >= 15 is 0 Å². The molecule has 0 amide bonds. The zero-order chi connectivity index (χ0) is 16.4. The number of pyridine rings is 1. The number of fused-ring (bicyclic) bond motifs is 1. The fourth-order valence-corrected chi connectivity index (χ4v) is 3.05. The molecule has 1 unspecified atom stereocenters. The van der Waals surface area contributed by atoms with Gasteiger partial charge in [-0.1, -0.05) is 15.9 Å². The Morgan fingerprint density at radius 1 is 1.30 bits per heavy atom. The van der Waals surface area contributed by atoms with Crippen LogP contribution in [0.3, 0.4) is 0 Å². The normalized spacial score (nSPS) is 12.7. The van der Waals surface area contributed by atoms with Crippen LogP contribution in [0.25, 0.3) is 10.9 Å². The van der Waals surface area contributed by atoms with Crippen molar-refractivity contribution in [2.24, 2.45) is 7.05 Å². The summed E-state index contributed by atoms with van der Waals surface area (Å²) in [5.41, 5.74) is 3.28. The zero-order valence-electron chi connectivity index (χ0n) is 13.5. The van der Waals surface area contributed by atoms with Crippen molar-refractivity contribution in [1.82, 2.24) is 19.7 Å². The number of nitrogens with zero attached hydrogens (tertiary/aromatic N) is 4. The van der Waals surface area contributed by atoms with Gasteiger partial charge in [0.2, 0.25) is 0 Å². The quantitative estimate of drug-likeness (QED) is 0.743. The molecule has 2 aromatic heterocycles. The Morgan fingerprint density at radius 3 is 2.83 bits per heavy atom. The van der Waals surface area contributed by atoms with Gasteiger partial charge in [-0.05, 0) is 38.4 Å². The molecule has 0 saturated heterocycles. The molecular weight excluding hydrogens is 354 g/mol. The van der Waals surface area contributed by atoms with Crippen LogP contribution in [0.5, 0.6) is 0 Å². The molecular formula is C17H20BrN5. The van der Waals surface area contributed by atoms with E-state index in [0.29, 0.717) is 0 Å². The minimum Gasteiger partial charge on any atom is -0.383 e. The van der Waals surface area contributed by atoms with Gasteiger partial charge in [-0.15, -0.1) is 0 Å². The van der Waals surface area contributed by atoms with E-state index in [4.69, 9.17) is 0 Å². The minimum absolute atomic E-state index is 0.249. The lowest BCUT2D eigenvalue weighted by molar-refractivity contribution is 0.312. The van der Waals surface area contributed by atoms with Crippen LogP contribution in [0, 0.1) is 0 Å². The van der Waals surface area contributed by atoms with E-state index in [1.807, 2.05) is 42.3 Å². The first-order valence-electron chi connectivity index (χ1n) is 7.47. The Hall–Kier alpha value is -1.92. The highest BCUT2D eigenvalue weighted by Gasteiger charge is 2.16. The maximum absolute atomic E-state index is 4.42. The summed E-state index contributed by atoms with van der Waals surface area (Å²) < 4.78 is 2.89. The first kappa shape index (κ1) is 16.0. The highest BCUT2D eigenvalue weighted by molar-refractivity contribution is 9.10. The first-order valence-corrected chi connectivity index (χ1v) is 8.27. The van der Waals surface area contributed by atoms with Gasteiger partial charge in [0.25, 0.3) is 0 Å². The number of aromatic nitrogens is 3. The van der Waals surface area contributed by atoms with E-state index in [0.717, 1.165) is 27.6 Å². The molecule has 120 valence electrons. The SMILES string of the molecule is CN(C)C(CNc1ccnc2ccc(Br)cc12)c1cnn(C)c1. The van der Waals surface area contributed by atoms with E-state index in [-0.39, 0.29) is 6.04 Å². The number of hydrogen-bond acceptors (Lipinski definition) is 4. The molecule has 1 aromatic carbocycles. The Kier molecular flexibility index (Phi) is 4.63. The van der Waals surface area contributed by atoms with Crippen molar-refractivity contribution in [3.8, 4) is 0 Å². The van der Waals surface area contributed by atoms with Gasteiger partial charge < -0.3 is 10.2 Å². The molecule has 0 spiro atoms. The molecule has 0 aliphatic heterocycles. The van der Waals surface area contributed by atoms with Crippen molar-refractivity contribution in [1.29, 1.82) is 0 Å². The summed E-state index contributed by atoms with van der Waals surface area (Å²) in [5, 5.41) is 8.96. The maximum Gasteiger partial charge on any atom is 0.0723 e. The highest BCUT2D eigenvalue weighted by atomic mass is 79.9. The second-order valence-electron chi connectivity index (χ2n) is 5.83. The molecule has 2 heterocycles. The number of aryl methyl sites for hydroxylation is 1. The molecule has 0 fully saturated rings. The van der Waals surface area contributed by atoms with E-state index in [1.165, 1.54) is 5.56 Å². The average Bonchev–Trinajstić information content (AvgIpc) is 2.93. The molecule has 3 aromatic rings. The summed E-state index contributed by atoms with van der Waals surface area (Å²) in [6, 6.07) is 8.40. The van der Waals surface area contributed by atoms with E-state index in [9.17, 15) is 0 Å². The van der Waals surface area contributed by atoms with Crippen LogP contribution in [-0.2, 0) is 7.05 Å². The molecule has 0 aliphatic rings. The van der Waals surface area contributed by atoms with Gasteiger partial charge in [-0.25, -0.2) is 0 Å². The molecule has 0 radical (unpaired) electrons. The van der Waals surface area contributed by atoms with Gasteiger partial charge in [0, 0.05) is 47.1 Å². The lowest BCUT2D eigenvalue weighted by Gasteiger charge is -2.24. The van der Waals surface area contributed by atoms with Crippen LogP contribution in [0.2, 0.25) is 0 Å². The second-order valence-corrected chi connectivity index (χ2v) is 6.74. The number of halogens is 1. The number of nitrogens with one attached hydrogen (secondary N) is 1. The fourth-order valence-electron chi connectivity index (χ4n) is 2.69. The third-order valence-corrected chi connectivity index (χ3v) is 4.42. The molecule has 5 nitrogen and oxygen atoms in total. The van der Waals surface area contributed by atoms with Crippen molar-refractivity contribution in [2.75, 3.05) is 26.0 Å². The lowest BCUT2D eigenvalue weighted by atomic mass is 10.1. The van der Waals surface area contributed by atoms with Crippen LogP contribution in [0.15, 0.2) is 47.3 Å². The molecule has 1 atom stereocenters. The number of likely N-dealkylation sites (N-methyl/N-ethyl adjacent to an activating group) is 1. The van der Waals surface area contributed by atoms with Gasteiger partial charge in [0.1, 0.15) is 0 Å².